The highest BCUT2D eigenvalue weighted by molar-refractivity contribution is 6.32. The number of nitrogens with zero attached hydrogens (tertiary/aromatic N) is 2. The summed E-state index contributed by atoms with van der Waals surface area (Å²) in [5, 5.41) is 11.3. The summed E-state index contributed by atoms with van der Waals surface area (Å²) in [6.07, 6.45) is 4.02. The number of hydrogen-bond donors (Lipinski definition) is 0. The monoisotopic (exact) mass is 320 g/mol. The molecule has 0 bridgehead atoms. The van der Waals surface area contributed by atoms with E-state index in [1.54, 1.807) is 6.07 Å². The number of benzene rings is 2. The molecule has 0 aliphatic heterocycles. The van der Waals surface area contributed by atoms with Crippen molar-refractivity contribution in [1.29, 1.82) is 5.26 Å². The van der Waals surface area contributed by atoms with E-state index < -0.39 is 0 Å². The molecule has 0 aliphatic carbocycles. The van der Waals surface area contributed by atoms with Crippen LogP contribution in [0.1, 0.15) is 31.0 Å². The summed E-state index contributed by atoms with van der Waals surface area (Å²) in [5.41, 5.74) is 3.54. The topological polar surface area (TPSA) is 28.7 Å². The second-order valence-electron chi connectivity index (χ2n) is 5.75. The Morgan fingerprint density at radius 2 is 1.83 bits per heavy atom. The first-order valence-corrected chi connectivity index (χ1v) is 7.96. The van der Waals surface area contributed by atoms with Crippen LogP contribution in [0.25, 0.3) is 22.6 Å². The van der Waals surface area contributed by atoms with Crippen LogP contribution in [-0.2, 0) is 0 Å². The van der Waals surface area contributed by atoms with Gasteiger partial charge in [0.15, 0.2) is 0 Å². The van der Waals surface area contributed by atoms with Gasteiger partial charge in [0, 0.05) is 39.3 Å². The molecule has 0 aliphatic rings. The first-order valence-electron chi connectivity index (χ1n) is 7.58. The number of para-hydroxylation sites is 1. The van der Waals surface area contributed by atoms with Gasteiger partial charge < -0.3 is 4.57 Å². The van der Waals surface area contributed by atoms with Crippen molar-refractivity contribution in [3.8, 4) is 6.07 Å². The van der Waals surface area contributed by atoms with Crippen molar-refractivity contribution < 1.29 is 0 Å². The first kappa shape index (κ1) is 15.4. The minimum atomic E-state index is 0.355. The average Bonchev–Trinajstić information content (AvgIpc) is 2.92. The quantitative estimate of drug-likeness (QED) is 0.549. The molecule has 0 radical (unpaired) electrons. The fourth-order valence-corrected chi connectivity index (χ4v) is 3.02. The molecule has 114 valence electrons. The Hall–Kier alpha value is -2.50. The lowest BCUT2D eigenvalue weighted by atomic mass is 10.0. The van der Waals surface area contributed by atoms with Crippen LogP contribution in [0.5, 0.6) is 0 Å². The molecule has 0 spiro atoms. The molecule has 0 N–H and O–H groups in total. The van der Waals surface area contributed by atoms with E-state index in [9.17, 15) is 5.26 Å². The first-order chi connectivity index (χ1) is 11.1. The summed E-state index contributed by atoms with van der Waals surface area (Å²) in [7, 11) is 0. The molecule has 1 aromatic heterocycles. The van der Waals surface area contributed by atoms with Crippen molar-refractivity contribution in [2.45, 2.75) is 19.9 Å². The third kappa shape index (κ3) is 2.88. The van der Waals surface area contributed by atoms with Crippen molar-refractivity contribution in [3.05, 3.63) is 70.9 Å². The minimum Gasteiger partial charge on any atom is -0.344 e. The van der Waals surface area contributed by atoms with E-state index in [1.165, 1.54) is 5.52 Å². The van der Waals surface area contributed by atoms with Crippen LogP contribution in [0, 0.1) is 11.3 Å². The molecule has 23 heavy (non-hydrogen) atoms. The van der Waals surface area contributed by atoms with Crippen LogP contribution in [0.3, 0.4) is 0 Å². The van der Waals surface area contributed by atoms with E-state index in [-0.39, 0.29) is 0 Å². The zero-order chi connectivity index (χ0) is 16.4. The van der Waals surface area contributed by atoms with E-state index in [0.717, 1.165) is 16.5 Å². The highest BCUT2D eigenvalue weighted by Gasteiger charge is 2.11. The zero-order valence-corrected chi connectivity index (χ0v) is 13.9. The highest BCUT2D eigenvalue weighted by atomic mass is 35.5. The Kier molecular flexibility index (Phi) is 4.23. The molecular weight excluding hydrogens is 304 g/mol. The highest BCUT2D eigenvalue weighted by Crippen LogP contribution is 2.30. The fraction of sp³-hybridized carbons (Fsp3) is 0.150. The predicted octanol–water partition coefficient (Wildman–Crippen LogP) is 5.94. The molecule has 2 nitrogen and oxygen atoms in total. The van der Waals surface area contributed by atoms with Gasteiger partial charge in [-0.15, -0.1) is 0 Å². The number of nitriles is 1. The normalized spacial score (nSPS) is 11.9. The number of allylic oxidation sites excluding steroid dienone is 1. The molecule has 3 rings (SSSR count). The van der Waals surface area contributed by atoms with Crippen molar-refractivity contribution in [1.82, 2.24) is 4.57 Å². The number of halogens is 1. The predicted molar refractivity (Wildman–Crippen MR) is 97.3 cm³/mol. The van der Waals surface area contributed by atoms with Gasteiger partial charge >= 0.3 is 0 Å². The molecule has 1 heterocycles. The van der Waals surface area contributed by atoms with Gasteiger partial charge in [-0.05, 0) is 32.1 Å². The second kappa shape index (κ2) is 6.32. The van der Waals surface area contributed by atoms with Gasteiger partial charge in [-0.1, -0.05) is 48.0 Å². The van der Waals surface area contributed by atoms with Gasteiger partial charge in [0.2, 0.25) is 0 Å². The lowest BCUT2D eigenvalue weighted by Crippen LogP contribution is -1.97. The Morgan fingerprint density at radius 3 is 2.52 bits per heavy atom. The van der Waals surface area contributed by atoms with E-state index in [1.807, 2.05) is 36.4 Å². The maximum atomic E-state index is 9.57. The van der Waals surface area contributed by atoms with Crippen LogP contribution in [0.4, 0.5) is 0 Å². The lowest BCUT2D eigenvalue weighted by molar-refractivity contribution is 0.622. The van der Waals surface area contributed by atoms with Gasteiger partial charge in [0.1, 0.15) is 0 Å². The van der Waals surface area contributed by atoms with Crippen molar-refractivity contribution in [3.63, 3.8) is 0 Å². The second-order valence-corrected chi connectivity index (χ2v) is 6.16. The summed E-state index contributed by atoms with van der Waals surface area (Å²) in [4.78, 5) is 0. The summed E-state index contributed by atoms with van der Waals surface area (Å²) in [6.45, 7) is 4.30. The molecule has 0 unspecified atom stereocenters. The molecule has 0 amide bonds. The van der Waals surface area contributed by atoms with E-state index in [0.29, 0.717) is 16.6 Å². The molecule has 0 atom stereocenters. The largest absolute Gasteiger partial charge is 0.344 e. The maximum absolute atomic E-state index is 9.57. The number of rotatable bonds is 3. The van der Waals surface area contributed by atoms with Gasteiger partial charge in [0.05, 0.1) is 11.6 Å². The third-order valence-electron chi connectivity index (χ3n) is 3.91. The van der Waals surface area contributed by atoms with E-state index >= 15 is 0 Å². The molecule has 0 saturated heterocycles. The molecule has 2 aromatic carbocycles. The molecule has 3 heteroatoms. The van der Waals surface area contributed by atoms with Crippen LogP contribution >= 0.6 is 11.6 Å². The molecule has 3 aromatic rings. The Balaban J connectivity index is 2.21. The summed E-state index contributed by atoms with van der Waals surface area (Å²) < 4.78 is 2.22. The summed E-state index contributed by atoms with van der Waals surface area (Å²) in [5.74, 6) is 0. The molecular formula is C20H17ClN2. The summed E-state index contributed by atoms with van der Waals surface area (Å²) >= 11 is 6.24. The lowest BCUT2D eigenvalue weighted by Gasteiger charge is -2.08. The number of fused-ring (bicyclic) bond motifs is 1. The standard InChI is InChI=1S/C20H17ClN2/c1-14(2)23-13-16(18-8-4-6-10-20(18)23)11-15(12-22)17-7-3-5-9-19(17)21/h3-11,13-14H,1-2H3. The van der Waals surface area contributed by atoms with Crippen molar-refractivity contribution in [2.24, 2.45) is 0 Å². The Labute approximate surface area is 141 Å². The number of hydrogen-bond acceptors (Lipinski definition) is 1. The van der Waals surface area contributed by atoms with Crippen LogP contribution in [0.15, 0.2) is 54.7 Å². The van der Waals surface area contributed by atoms with Gasteiger partial charge in [-0.25, -0.2) is 0 Å². The average molecular weight is 321 g/mol. The maximum Gasteiger partial charge on any atom is 0.0998 e. The van der Waals surface area contributed by atoms with Crippen LogP contribution in [-0.4, -0.2) is 4.57 Å². The third-order valence-corrected chi connectivity index (χ3v) is 4.24. The Morgan fingerprint density at radius 1 is 1.13 bits per heavy atom. The Bertz CT molecular complexity index is 926. The zero-order valence-electron chi connectivity index (χ0n) is 13.1. The fourth-order valence-electron chi connectivity index (χ4n) is 2.78. The molecule has 0 saturated carbocycles. The van der Waals surface area contributed by atoms with Gasteiger partial charge in [-0.3, -0.25) is 0 Å². The van der Waals surface area contributed by atoms with Crippen LogP contribution in [0.2, 0.25) is 5.02 Å². The number of aromatic nitrogens is 1. The van der Waals surface area contributed by atoms with E-state index in [4.69, 9.17) is 11.6 Å². The smallest absolute Gasteiger partial charge is 0.0998 e. The SMILES string of the molecule is CC(C)n1cc(C=C(C#N)c2ccccc2Cl)c2ccccc21. The van der Waals surface area contributed by atoms with Crippen LogP contribution < -0.4 is 0 Å². The summed E-state index contributed by atoms with van der Waals surface area (Å²) in [6, 6.07) is 18.3. The van der Waals surface area contributed by atoms with Crippen molar-refractivity contribution >= 4 is 34.2 Å². The van der Waals surface area contributed by atoms with Crippen molar-refractivity contribution in [2.75, 3.05) is 0 Å². The van der Waals surface area contributed by atoms with Gasteiger partial charge in [0.25, 0.3) is 0 Å². The van der Waals surface area contributed by atoms with Gasteiger partial charge in [-0.2, -0.15) is 5.26 Å². The van der Waals surface area contributed by atoms with E-state index in [2.05, 4.69) is 42.8 Å². The molecule has 0 fully saturated rings. The minimum absolute atomic E-state index is 0.355.